The summed E-state index contributed by atoms with van der Waals surface area (Å²) in [7, 11) is 0. The molecule has 0 amide bonds. The molecule has 4 aliphatic rings. The quantitative estimate of drug-likeness (QED) is 0.567. The van der Waals surface area contributed by atoms with Crippen LogP contribution in [0.3, 0.4) is 0 Å². The predicted octanol–water partition coefficient (Wildman–Crippen LogP) is 2.82. The van der Waals surface area contributed by atoms with Crippen LogP contribution >= 0.6 is 0 Å². The summed E-state index contributed by atoms with van der Waals surface area (Å²) in [6.07, 6.45) is 7.48. The number of ether oxygens (including phenoxy) is 1. The van der Waals surface area contributed by atoms with Crippen molar-refractivity contribution in [2.24, 2.45) is 23.7 Å². The van der Waals surface area contributed by atoms with E-state index in [-0.39, 0.29) is 5.97 Å². The van der Waals surface area contributed by atoms with Gasteiger partial charge < -0.3 is 4.74 Å². The van der Waals surface area contributed by atoms with Crippen molar-refractivity contribution in [3.05, 3.63) is 12.7 Å². The lowest BCUT2D eigenvalue weighted by Crippen LogP contribution is -2.59. The monoisotopic (exact) mass is 245 g/mol. The Morgan fingerprint density at radius 1 is 1.28 bits per heavy atom. The molecule has 0 heterocycles. The second kappa shape index (κ2) is 4.12. The van der Waals surface area contributed by atoms with Crippen LogP contribution in [-0.2, 0) is 9.53 Å². The van der Waals surface area contributed by atoms with Gasteiger partial charge in [-0.3, -0.25) is 0 Å². The zero-order valence-electron chi connectivity index (χ0n) is 10.6. The molecule has 0 spiro atoms. The van der Waals surface area contributed by atoms with E-state index in [1.807, 2.05) is 0 Å². The molecule has 0 atom stereocenters. The summed E-state index contributed by atoms with van der Waals surface area (Å²) in [6.45, 7) is 3.48. The van der Waals surface area contributed by atoms with Gasteiger partial charge in [0, 0.05) is 17.9 Å². The number of carbonyl (C=O) groups is 1. The highest BCUT2D eigenvalue weighted by atomic mass is 16.6. The van der Waals surface area contributed by atoms with Gasteiger partial charge in [0.05, 0.1) is 12.5 Å². The van der Waals surface area contributed by atoms with Gasteiger partial charge in [-0.1, -0.05) is 6.58 Å². The number of nitriles is 1. The number of rotatable bonds is 3. The fourth-order valence-electron chi connectivity index (χ4n) is 4.83. The maximum Gasteiger partial charge on any atom is 0.330 e. The molecule has 4 aliphatic carbocycles. The molecular weight excluding hydrogens is 226 g/mol. The molecule has 0 aliphatic heterocycles. The molecule has 0 aromatic rings. The Balaban J connectivity index is 1.91. The van der Waals surface area contributed by atoms with E-state index in [1.165, 1.54) is 12.5 Å². The second-order valence-corrected chi connectivity index (χ2v) is 6.22. The molecule has 0 aromatic heterocycles. The van der Waals surface area contributed by atoms with Crippen molar-refractivity contribution >= 4 is 5.97 Å². The lowest BCUT2D eigenvalue weighted by atomic mass is 9.49. The van der Waals surface area contributed by atoms with Crippen molar-refractivity contribution in [2.75, 3.05) is 0 Å². The molecule has 0 radical (unpaired) electrons. The van der Waals surface area contributed by atoms with Crippen LogP contribution in [0.1, 0.15) is 38.5 Å². The molecule has 18 heavy (non-hydrogen) atoms. The van der Waals surface area contributed by atoms with E-state index in [0.717, 1.165) is 37.5 Å². The zero-order valence-corrected chi connectivity index (χ0v) is 10.6. The highest BCUT2D eigenvalue weighted by molar-refractivity contribution is 5.81. The fourth-order valence-corrected chi connectivity index (χ4v) is 4.83. The Morgan fingerprint density at radius 2 is 1.83 bits per heavy atom. The largest absolute Gasteiger partial charge is 0.454 e. The van der Waals surface area contributed by atoms with Crippen LogP contribution in [0.25, 0.3) is 0 Å². The first kappa shape index (κ1) is 11.8. The van der Waals surface area contributed by atoms with Crippen LogP contribution in [-0.4, -0.2) is 11.6 Å². The molecule has 0 saturated heterocycles. The Labute approximate surface area is 108 Å². The third-order valence-electron chi connectivity index (χ3n) is 5.33. The van der Waals surface area contributed by atoms with Crippen molar-refractivity contribution < 1.29 is 9.53 Å². The summed E-state index contributed by atoms with van der Waals surface area (Å²) in [5, 5.41) is 9.13. The number of hydrogen-bond acceptors (Lipinski definition) is 3. The SMILES string of the molecule is C=CC(=O)OC1(CC#N)C2CC3CC(C2)CC1C3. The molecule has 0 unspecified atom stereocenters. The number of carbonyl (C=O) groups excluding carboxylic acids is 1. The predicted molar refractivity (Wildman–Crippen MR) is 66.3 cm³/mol. The van der Waals surface area contributed by atoms with Gasteiger partial charge in [-0.25, -0.2) is 4.79 Å². The first-order valence-electron chi connectivity index (χ1n) is 6.90. The molecule has 0 aromatic carbocycles. The molecule has 3 heteroatoms. The molecular formula is C15H19NO2. The smallest absolute Gasteiger partial charge is 0.330 e. The molecule has 4 rings (SSSR count). The van der Waals surface area contributed by atoms with E-state index in [4.69, 9.17) is 10.00 Å². The Kier molecular flexibility index (Phi) is 2.69. The minimum absolute atomic E-state index is 0.349. The van der Waals surface area contributed by atoms with E-state index < -0.39 is 5.60 Å². The maximum atomic E-state index is 11.6. The summed E-state index contributed by atoms with van der Waals surface area (Å²) in [6, 6.07) is 2.25. The Bertz CT molecular complexity index is 393. The lowest BCUT2D eigenvalue weighted by Gasteiger charge is -2.59. The van der Waals surface area contributed by atoms with Crippen molar-refractivity contribution in [3.63, 3.8) is 0 Å². The highest BCUT2D eigenvalue weighted by Gasteiger charge is 2.59. The molecule has 4 bridgehead atoms. The fraction of sp³-hybridized carbons (Fsp3) is 0.733. The van der Waals surface area contributed by atoms with Gasteiger partial charge in [0.1, 0.15) is 5.60 Å². The van der Waals surface area contributed by atoms with E-state index in [9.17, 15) is 4.79 Å². The van der Waals surface area contributed by atoms with Crippen LogP contribution in [0.5, 0.6) is 0 Å². The van der Waals surface area contributed by atoms with E-state index in [1.54, 1.807) is 0 Å². The van der Waals surface area contributed by atoms with Gasteiger partial charge in [0.2, 0.25) is 0 Å². The third-order valence-corrected chi connectivity index (χ3v) is 5.33. The van der Waals surface area contributed by atoms with Gasteiger partial charge in [-0.05, 0) is 43.9 Å². The standard InChI is InChI=1S/C15H19NO2/c1-2-14(17)18-15(3-4-16)12-6-10-5-11(8-12)9-13(15)7-10/h2,10-13H,1,3,5-9H2. The summed E-state index contributed by atoms with van der Waals surface area (Å²) in [5.74, 6) is 2.05. The van der Waals surface area contributed by atoms with E-state index in [0.29, 0.717) is 18.3 Å². The van der Waals surface area contributed by atoms with Crippen molar-refractivity contribution in [2.45, 2.75) is 44.1 Å². The first-order valence-corrected chi connectivity index (χ1v) is 6.90. The molecule has 4 fully saturated rings. The highest BCUT2D eigenvalue weighted by Crippen LogP contribution is 2.60. The number of hydrogen-bond donors (Lipinski definition) is 0. The van der Waals surface area contributed by atoms with Crippen LogP contribution in [0.4, 0.5) is 0 Å². The van der Waals surface area contributed by atoms with Gasteiger partial charge in [0.15, 0.2) is 0 Å². The normalized spacial score (nSPS) is 44.4. The van der Waals surface area contributed by atoms with Gasteiger partial charge >= 0.3 is 5.97 Å². The van der Waals surface area contributed by atoms with Crippen molar-refractivity contribution in [1.82, 2.24) is 0 Å². The number of nitrogens with zero attached hydrogens (tertiary/aromatic N) is 1. The molecule has 3 nitrogen and oxygen atoms in total. The van der Waals surface area contributed by atoms with Crippen LogP contribution in [0, 0.1) is 35.0 Å². The Morgan fingerprint density at radius 3 is 2.28 bits per heavy atom. The maximum absolute atomic E-state index is 11.6. The van der Waals surface area contributed by atoms with Crippen LogP contribution < -0.4 is 0 Å². The summed E-state index contributed by atoms with van der Waals surface area (Å²) in [5.41, 5.74) is -0.507. The van der Waals surface area contributed by atoms with Gasteiger partial charge in [-0.15, -0.1) is 0 Å². The number of esters is 1. The van der Waals surface area contributed by atoms with Crippen molar-refractivity contribution in [1.29, 1.82) is 5.26 Å². The second-order valence-electron chi connectivity index (χ2n) is 6.22. The van der Waals surface area contributed by atoms with E-state index >= 15 is 0 Å². The summed E-state index contributed by atoms with van der Waals surface area (Å²) < 4.78 is 5.72. The van der Waals surface area contributed by atoms with Gasteiger partial charge in [-0.2, -0.15) is 5.26 Å². The minimum Gasteiger partial charge on any atom is -0.454 e. The molecule has 4 saturated carbocycles. The first-order chi connectivity index (χ1) is 8.68. The molecule has 96 valence electrons. The van der Waals surface area contributed by atoms with E-state index in [2.05, 4.69) is 12.6 Å². The van der Waals surface area contributed by atoms with Crippen molar-refractivity contribution in [3.8, 4) is 6.07 Å². The van der Waals surface area contributed by atoms with Crippen LogP contribution in [0.15, 0.2) is 12.7 Å². The zero-order chi connectivity index (χ0) is 12.8. The minimum atomic E-state index is -0.507. The average molecular weight is 245 g/mol. The van der Waals surface area contributed by atoms with Gasteiger partial charge in [0.25, 0.3) is 0 Å². The average Bonchev–Trinajstić information content (AvgIpc) is 2.35. The molecule has 0 N–H and O–H groups in total. The summed E-state index contributed by atoms with van der Waals surface area (Å²) in [4.78, 5) is 11.6. The Hall–Kier alpha value is -1.30. The third kappa shape index (κ3) is 1.59. The van der Waals surface area contributed by atoms with Crippen LogP contribution in [0.2, 0.25) is 0 Å². The topological polar surface area (TPSA) is 50.1 Å². The lowest BCUT2D eigenvalue weighted by molar-refractivity contribution is -0.203. The summed E-state index contributed by atoms with van der Waals surface area (Å²) >= 11 is 0.